The molecule has 0 aliphatic carbocycles. The second-order valence-electron chi connectivity index (χ2n) is 6.07. The van der Waals surface area contributed by atoms with E-state index in [1.807, 2.05) is 60.7 Å². The van der Waals surface area contributed by atoms with Crippen molar-refractivity contribution in [1.82, 2.24) is 5.32 Å². The van der Waals surface area contributed by atoms with Gasteiger partial charge in [0.25, 0.3) is 0 Å². The van der Waals surface area contributed by atoms with E-state index >= 15 is 0 Å². The molecule has 0 bridgehead atoms. The number of ether oxygens (including phenoxy) is 2. The van der Waals surface area contributed by atoms with Crippen molar-refractivity contribution in [3.8, 4) is 0 Å². The Morgan fingerprint density at radius 2 is 1.72 bits per heavy atom. The van der Waals surface area contributed by atoms with Crippen molar-refractivity contribution in [2.75, 3.05) is 0 Å². The summed E-state index contributed by atoms with van der Waals surface area (Å²) in [7, 11) is 0. The van der Waals surface area contributed by atoms with Gasteiger partial charge in [-0.3, -0.25) is 4.79 Å². The van der Waals surface area contributed by atoms with Gasteiger partial charge in [0.15, 0.2) is 0 Å². The molecule has 2 aromatic rings. The van der Waals surface area contributed by atoms with Crippen molar-refractivity contribution >= 4 is 12.1 Å². The number of benzene rings is 2. The van der Waals surface area contributed by atoms with E-state index in [0.29, 0.717) is 19.3 Å². The Labute approximate surface area is 147 Å². The van der Waals surface area contributed by atoms with Crippen molar-refractivity contribution in [3.63, 3.8) is 0 Å². The molecule has 0 spiro atoms. The minimum absolute atomic E-state index is 0.204. The molecule has 130 valence electrons. The maximum absolute atomic E-state index is 12.2. The van der Waals surface area contributed by atoms with Crippen LogP contribution in [0.3, 0.4) is 0 Å². The van der Waals surface area contributed by atoms with E-state index in [2.05, 4.69) is 5.32 Å². The smallest absolute Gasteiger partial charge is 0.407 e. The number of amides is 1. The lowest BCUT2D eigenvalue weighted by atomic mass is 9.99. The molecule has 5 heteroatoms. The predicted molar refractivity (Wildman–Crippen MR) is 92.8 cm³/mol. The lowest BCUT2D eigenvalue weighted by Crippen LogP contribution is -2.45. The second kappa shape index (κ2) is 8.33. The number of alkyl carbamates (subject to hydrolysis) is 1. The van der Waals surface area contributed by atoms with Gasteiger partial charge in [0.2, 0.25) is 0 Å². The number of cyclic esters (lactones) is 1. The van der Waals surface area contributed by atoms with E-state index in [-0.39, 0.29) is 24.7 Å². The summed E-state index contributed by atoms with van der Waals surface area (Å²) in [5, 5.41) is 2.86. The average Bonchev–Trinajstić information content (AvgIpc) is 3.08. The summed E-state index contributed by atoms with van der Waals surface area (Å²) in [5.74, 6) is -0.220. The van der Waals surface area contributed by atoms with Crippen LogP contribution < -0.4 is 5.32 Å². The first kappa shape index (κ1) is 17.0. The first-order chi connectivity index (χ1) is 12.2. The topological polar surface area (TPSA) is 64.6 Å². The highest BCUT2D eigenvalue weighted by atomic mass is 16.6. The minimum atomic E-state index is -0.507. The SMILES string of the molecule is O=C1CC[C@@H]([C@H](Cc2ccccc2)NC(=O)OCc2ccccc2)O1. The predicted octanol–water partition coefficient (Wildman–Crippen LogP) is 3.23. The molecular weight excluding hydrogens is 318 g/mol. The van der Waals surface area contributed by atoms with Gasteiger partial charge in [-0.1, -0.05) is 60.7 Å². The van der Waals surface area contributed by atoms with Crippen LogP contribution in [-0.2, 0) is 27.3 Å². The van der Waals surface area contributed by atoms with Gasteiger partial charge in [0.1, 0.15) is 12.7 Å². The fourth-order valence-electron chi connectivity index (χ4n) is 2.89. The third-order valence-corrected chi connectivity index (χ3v) is 4.18. The first-order valence-electron chi connectivity index (χ1n) is 8.41. The van der Waals surface area contributed by atoms with Crippen LogP contribution in [-0.4, -0.2) is 24.2 Å². The monoisotopic (exact) mass is 339 g/mol. The van der Waals surface area contributed by atoms with Gasteiger partial charge in [-0.05, 0) is 24.0 Å². The Morgan fingerprint density at radius 1 is 1.08 bits per heavy atom. The third-order valence-electron chi connectivity index (χ3n) is 4.18. The van der Waals surface area contributed by atoms with E-state index in [1.165, 1.54) is 0 Å². The number of esters is 1. The summed E-state index contributed by atoms with van der Waals surface area (Å²) in [6.07, 6.45) is 0.746. The maximum Gasteiger partial charge on any atom is 0.407 e. The van der Waals surface area contributed by atoms with Crippen LogP contribution in [0.5, 0.6) is 0 Å². The Hall–Kier alpha value is -2.82. The Kier molecular flexibility index (Phi) is 5.67. The zero-order chi connectivity index (χ0) is 17.5. The third kappa shape index (κ3) is 5.08. The summed E-state index contributed by atoms with van der Waals surface area (Å²) >= 11 is 0. The molecule has 1 fully saturated rings. The van der Waals surface area contributed by atoms with E-state index in [9.17, 15) is 9.59 Å². The van der Waals surface area contributed by atoms with Crippen molar-refractivity contribution in [2.24, 2.45) is 0 Å². The van der Waals surface area contributed by atoms with Crippen molar-refractivity contribution in [3.05, 3.63) is 71.8 Å². The van der Waals surface area contributed by atoms with E-state index in [1.54, 1.807) is 0 Å². The second-order valence-corrected chi connectivity index (χ2v) is 6.07. The zero-order valence-corrected chi connectivity index (χ0v) is 13.9. The summed E-state index contributed by atoms with van der Waals surface area (Å²) in [6.45, 7) is 0.204. The lowest BCUT2D eigenvalue weighted by molar-refractivity contribution is -0.142. The van der Waals surface area contributed by atoms with Gasteiger partial charge in [0, 0.05) is 6.42 Å². The number of hydrogen-bond acceptors (Lipinski definition) is 4. The molecule has 0 aromatic heterocycles. The standard InChI is InChI=1S/C20H21NO4/c22-19-12-11-18(25-19)17(13-15-7-3-1-4-8-15)21-20(23)24-14-16-9-5-2-6-10-16/h1-10,17-18H,11-14H2,(H,21,23)/t17-,18-/m0/s1. The van der Waals surface area contributed by atoms with Gasteiger partial charge in [-0.15, -0.1) is 0 Å². The van der Waals surface area contributed by atoms with Gasteiger partial charge in [-0.2, -0.15) is 0 Å². The molecule has 1 aliphatic heterocycles. The van der Waals surface area contributed by atoms with Gasteiger partial charge in [0.05, 0.1) is 6.04 Å². The summed E-state index contributed by atoms with van der Waals surface area (Å²) in [4.78, 5) is 23.6. The largest absolute Gasteiger partial charge is 0.460 e. The van der Waals surface area contributed by atoms with E-state index in [0.717, 1.165) is 11.1 Å². The molecule has 3 rings (SSSR count). The number of hydrogen-bond donors (Lipinski definition) is 1. The lowest BCUT2D eigenvalue weighted by Gasteiger charge is -2.23. The van der Waals surface area contributed by atoms with Gasteiger partial charge >= 0.3 is 12.1 Å². The summed E-state index contributed by atoms with van der Waals surface area (Å²) in [6, 6.07) is 19.0. The molecule has 25 heavy (non-hydrogen) atoms. The van der Waals surface area contributed by atoms with Crippen LogP contribution >= 0.6 is 0 Å². The molecule has 1 heterocycles. The average molecular weight is 339 g/mol. The van der Waals surface area contributed by atoms with Crippen LogP contribution in [0.15, 0.2) is 60.7 Å². The number of carbonyl (C=O) groups is 2. The van der Waals surface area contributed by atoms with Gasteiger partial charge in [-0.25, -0.2) is 4.79 Å². The normalized spacial score (nSPS) is 17.6. The molecule has 5 nitrogen and oxygen atoms in total. The first-order valence-corrected chi connectivity index (χ1v) is 8.41. The van der Waals surface area contributed by atoms with Crippen molar-refractivity contribution in [2.45, 2.75) is 38.0 Å². The fourth-order valence-corrected chi connectivity index (χ4v) is 2.89. The Balaban J connectivity index is 1.60. The number of nitrogens with one attached hydrogen (secondary N) is 1. The Bertz CT molecular complexity index is 702. The van der Waals surface area contributed by atoms with Crippen LogP contribution in [0.2, 0.25) is 0 Å². The number of carbonyl (C=O) groups excluding carboxylic acids is 2. The molecule has 0 radical (unpaired) electrons. The summed E-state index contributed by atoms with van der Waals surface area (Å²) in [5.41, 5.74) is 1.99. The maximum atomic E-state index is 12.2. The van der Waals surface area contributed by atoms with Gasteiger partial charge < -0.3 is 14.8 Å². The Morgan fingerprint density at radius 3 is 2.32 bits per heavy atom. The van der Waals surface area contributed by atoms with E-state index < -0.39 is 6.09 Å². The molecule has 0 unspecified atom stereocenters. The molecule has 1 N–H and O–H groups in total. The highest BCUT2D eigenvalue weighted by Gasteiger charge is 2.32. The highest BCUT2D eigenvalue weighted by molar-refractivity contribution is 5.72. The van der Waals surface area contributed by atoms with E-state index in [4.69, 9.17) is 9.47 Å². The molecule has 2 aromatic carbocycles. The van der Waals surface area contributed by atoms with Crippen LogP contribution in [0.1, 0.15) is 24.0 Å². The van der Waals surface area contributed by atoms with Crippen LogP contribution in [0.4, 0.5) is 4.79 Å². The van der Waals surface area contributed by atoms with Crippen LogP contribution in [0.25, 0.3) is 0 Å². The molecule has 1 saturated heterocycles. The minimum Gasteiger partial charge on any atom is -0.460 e. The quantitative estimate of drug-likeness (QED) is 0.821. The molecule has 1 amide bonds. The molecule has 2 atom stereocenters. The molecule has 1 aliphatic rings. The fraction of sp³-hybridized carbons (Fsp3) is 0.300. The highest BCUT2D eigenvalue weighted by Crippen LogP contribution is 2.20. The van der Waals surface area contributed by atoms with Crippen LogP contribution in [0, 0.1) is 0 Å². The number of rotatable bonds is 6. The zero-order valence-electron chi connectivity index (χ0n) is 13.9. The molecular formula is C20H21NO4. The molecule has 0 saturated carbocycles. The summed E-state index contributed by atoms with van der Waals surface area (Å²) < 4.78 is 10.6. The van der Waals surface area contributed by atoms with Crippen molar-refractivity contribution in [1.29, 1.82) is 0 Å². The van der Waals surface area contributed by atoms with Crippen molar-refractivity contribution < 1.29 is 19.1 Å².